The van der Waals surface area contributed by atoms with Crippen molar-refractivity contribution in [2.75, 3.05) is 39.0 Å². The van der Waals surface area contributed by atoms with E-state index in [4.69, 9.17) is 5.73 Å². The number of nitrogen functional groups attached to an aromatic ring is 1. The molecular formula is C11H16N4O. The molecule has 2 N–H and O–H groups in total. The van der Waals surface area contributed by atoms with E-state index in [2.05, 4.69) is 16.9 Å². The molecule has 0 saturated carbocycles. The Morgan fingerprint density at radius 2 is 2.06 bits per heavy atom. The Bertz CT molecular complexity index is 385. The molecule has 16 heavy (non-hydrogen) atoms. The summed E-state index contributed by atoms with van der Waals surface area (Å²) in [6, 6.07) is 3.33. The number of aromatic nitrogens is 1. The van der Waals surface area contributed by atoms with Crippen LogP contribution in [-0.2, 0) is 0 Å². The summed E-state index contributed by atoms with van der Waals surface area (Å²) < 4.78 is 0. The minimum Gasteiger partial charge on any atom is -0.384 e. The minimum atomic E-state index is 0.0437. The van der Waals surface area contributed by atoms with Gasteiger partial charge in [0.1, 0.15) is 5.82 Å². The van der Waals surface area contributed by atoms with Gasteiger partial charge in [0.05, 0.1) is 0 Å². The zero-order valence-corrected chi connectivity index (χ0v) is 9.39. The lowest BCUT2D eigenvalue weighted by atomic mass is 10.2. The zero-order chi connectivity index (χ0) is 11.5. The first kappa shape index (κ1) is 10.9. The van der Waals surface area contributed by atoms with Crippen LogP contribution in [0.25, 0.3) is 0 Å². The fourth-order valence-corrected chi connectivity index (χ4v) is 1.77. The summed E-state index contributed by atoms with van der Waals surface area (Å²) >= 11 is 0. The van der Waals surface area contributed by atoms with E-state index in [9.17, 15) is 4.79 Å². The molecule has 5 nitrogen and oxygen atoms in total. The van der Waals surface area contributed by atoms with Crippen molar-refractivity contribution in [2.45, 2.75) is 0 Å². The molecule has 86 valence electrons. The summed E-state index contributed by atoms with van der Waals surface area (Å²) in [5.74, 6) is 0.433. The fraction of sp³-hybridized carbons (Fsp3) is 0.455. The smallest absolute Gasteiger partial charge is 0.254 e. The Morgan fingerprint density at radius 1 is 1.38 bits per heavy atom. The summed E-state index contributed by atoms with van der Waals surface area (Å²) in [7, 11) is 2.06. The first-order chi connectivity index (χ1) is 7.66. The van der Waals surface area contributed by atoms with Crippen molar-refractivity contribution in [1.82, 2.24) is 14.8 Å². The molecule has 1 aromatic heterocycles. The van der Waals surface area contributed by atoms with E-state index in [1.807, 2.05) is 4.90 Å². The minimum absolute atomic E-state index is 0.0437. The fourth-order valence-electron chi connectivity index (χ4n) is 1.77. The van der Waals surface area contributed by atoms with Crippen LogP contribution in [0.5, 0.6) is 0 Å². The lowest BCUT2D eigenvalue weighted by molar-refractivity contribution is 0.0664. The molecule has 0 unspecified atom stereocenters. The van der Waals surface area contributed by atoms with Crippen molar-refractivity contribution in [3.8, 4) is 0 Å². The normalized spacial score (nSPS) is 17.4. The predicted molar refractivity (Wildman–Crippen MR) is 62.0 cm³/mol. The maximum absolute atomic E-state index is 12.1. The van der Waals surface area contributed by atoms with Crippen LogP contribution in [-0.4, -0.2) is 53.9 Å². The third-order valence-electron chi connectivity index (χ3n) is 2.82. The zero-order valence-electron chi connectivity index (χ0n) is 9.39. The molecule has 1 saturated heterocycles. The van der Waals surface area contributed by atoms with Crippen LogP contribution in [0.3, 0.4) is 0 Å². The molecule has 0 atom stereocenters. The second-order valence-electron chi connectivity index (χ2n) is 4.06. The van der Waals surface area contributed by atoms with Gasteiger partial charge in [0.25, 0.3) is 5.91 Å². The van der Waals surface area contributed by atoms with Gasteiger partial charge in [0, 0.05) is 37.9 Å². The summed E-state index contributed by atoms with van der Waals surface area (Å²) in [4.78, 5) is 20.0. The molecule has 1 aliphatic rings. The van der Waals surface area contributed by atoms with E-state index in [1.165, 1.54) is 0 Å². The van der Waals surface area contributed by atoms with Gasteiger partial charge in [-0.1, -0.05) is 0 Å². The molecule has 1 amide bonds. The summed E-state index contributed by atoms with van der Waals surface area (Å²) in [6.07, 6.45) is 1.57. The number of nitrogens with zero attached hydrogens (tertiary/aromatic N) is 3. The highest BCUT2D eigenvalue weighted by molar-refractivity contribution is 5.94. The molecule has 1 fully saturated rings. The molecular weight excluding hydrogens is 204 g/mol. The summed E-state index contributed by atoms with van der Waals surface area (Å²) in [5.41, 5.74) is 6.18. The Kier molecular flexibility index (Phi) is 3.05. The number of hydrogen-bond donors (Lipinski definition) is 1. The van der Waals surface area contributed by atoms with Gasteiger partial charge < -0.3 is 15.5 Å². The maximum atomic E-state index is 12.1. The van der Waals surface area contributed by atoms with Gasteiger partial charge in [0.2, 0.25) is 0 Å². The number of rotatable bonds is 1. The quantitative estimate of drug-likeness (QED) is 0.726. The topological polar surface area (TPSA) is 62.5 Å². The lowest BCUT2D eigenvalue weighted by Gasteiger charge is -2.32. The first-order valence-corrected chi connectivity index (χ1v) is 5.36. The van der Waals surface area contributed by atoms with E-state index >= 15 is 0 Å². The van der Waals surface area contributed by atoms with Crippen LogP contribution < -0.4 is 5.73 Å². The third-order valence-corrected chi connectivity index (χ3v) is 2.82. The number of anilines is 1. The van der Waals surface area contributed by atoms with Gasteiger partial charge >= 0.3 is 0 Å². The SMILES string of the molecule is CN1CCN(C(=O)c2ccnc(N)c2)CC1. The number of likely N-dealkylation sites (N-methyl/N-ethyl adjacent to an activating group) is 1. The number of piperazine rings is 1. The number of carbonyl (C=O) groups excluding carboxylic acids is 1. The van der Waals surface area contributed by atoms with Crippen LogP contribution in [0.4, 0.5) is 5.82 Å². The van der Waals surface area contributed by atoms with E-state index in [0.29, 0.717) is 11.4 Å². The summed E-state index contributed by atoms with van der Waals surface area (Å²) in [6.45, 7) is 3.40. The van der Waals surface area contributed by atoms with Crippen molar-refractivity contribution in [1.29, 1.82) is 0 Å². The van der Waals surface area contributed by atoms with Crippen molar-refractivity contribution < 1.29 is 4.79 Å². The van der Waals surface area contributed by atoms with Crippen LogP contribution in [0.15, 0.2) is 18.3 Å². The second-order valence-corrected chi connectivity index (χ2v) is 4.06. The van der Waals surface area contributed by atoms with E-state index in [0.717, 1.165) is 26.2 Å². The largest absolute Gasteiger partial charge is 0.384 e. The van der Waals surface area contributed by atoms with Gasteiger partial charge in [-0.05, 0) is 19.2 Å². The standard InChI is InChI=1S/C11H16N4O/c1-14-4-6-15(7-5-14)11(16)9-2-3-13-10(12)8-9/h2-3,8H,4-7H2,1H3,(H2,12,13). The Labute approximate surface area is 94.9 Å². The number of nitrogens with two attached hydrogens (primary N) is 1. The Morgan fingerprint density at radius 3 is 2.69 bits per heavy atom. The van der Waals surface area contributed by atoms with Crippen molar-refractivity contribution in [2.24, 2.45) is 0 Å². The average molecular weight is 220 g/mol. The molecule has 0 bridgehead atoms. The highest BCUT2D eigenvalue weighted by atomic mass is 16.2. The van der Waals surface area contributed by atoms with Crippen molar-refractivity contribution >= 4 is 11.7 Å². The molecule has 2 rings (SSSR count). The lowest BCUT2D eigenvalue weighted by Crippen LogP contribution is -2.47. The van der Waals surface area contributed by atoms with Crippen LogP contribution in [0.1, 0.15) is 10.4 Å². The van der Waals surface area contributed by atoms with Crippen LogP contribution in [0, 0.1) is 0 Å². The second kappa shape index (κ2) is 4.49. The Hall–Kier alpha value is -1.62. The van der Waals surface area contributed by atoms with Gasteiger partial charge in [-0.25, -0.2) is 4.98 Å². The maximum Gasteiger partial charge on any atom is 0.254 e. The summed E-state index contributed by atoms with van der Waals surface area (Å²) in [5, 5.41) is 0. The molecule has 0 radical (unpaired) electrons. The average Bonchev–Trinajstić information content (AvgIpc) is 2.29. The van der Waals surface area contributed by atoms with E-state index < -0.39 is 0 Å². The molecule has 5 heteroatoms. The van der Waals surface area contributed by atoms with Crippen LogP contribution >= 0.6 is 0 Å². The van der Waals surface area contributed by atoms with Crippen LogP contribution in [0.2, 0.25) is 0 Å². The first-order valence-electron chi connectivity index (χ1n) is 5.36. The Balaban J connectivity index is 2.08. The van der Waals surface area contributed by atoms with E-state index in [1.54, 1.807) is 18.3 Å². The van der Waals surface area contributed by atoms with Gasteiger partial charge in [-0.2, -0.15) is 0 Å². The van der Waals surface area contributed by atoms with E-state index in [-0.39, 0.29) is 5.91 Å². The van der Waals surface area contributed by atoms with Gasteiger partial charge in [-0.15, -0.1) is 0 Å². The molecule has 1 aromatic rings. The number of amides is 1. The molecule has 0 aliphatic carbocycles. The number of pyridine rings is 1. The van der Waals surface area contributed by atoms with Crippen molar-refractivity contribution in [3.05, 3.63) is 23.9 Å². The molecule has 0 spiro atoms. The third kappa shape index (κ3) is 2.30. The molecule has 0 aromatic carbocycles. The van der Waals surface area contributed by atoms with Crippen molar-refractivity contribution in [3.63, 3.8) is 0 Å². The molecule has 1 aliphatic heterocycles. The highest BCUT2D eigenvalue weighted by Crippen LogP contribution is 2.09. The monoisotopic (exact) mass is 220 g/mol. The highest BCUT2D eigenvalue weighted by Gasteiger charge is 2.20. The molecule has 2 heterocycles. The van der Waals surface area contributed by atoms with Gasteiger partial charge in [-0.3, -0.25) is 4.79 Å². The van der Waals surface area contributed by atoms with Gasteiger partial charge in [0.15, 0.2) is 0 Å². The predicted octanol–water partition coefficient (Wildman–Crippen LogP) is 0.0514. The number of carbonyl (C=O) groups is 1. The number of hydrogen-bond acceptors (Lipinski definition) is 4.